The Bertz CT molecular complexity index is 234. The van der Waals surface area contributed by atoms with Gasteiger partial charge >= 0.3 is 5.97 Å². The molecule has 1 aliphatic heterocycles. The Hall–Kier alpha value is -0.570. The van der Waals surface area contributed by atoms with Crippen LogP contribution in [-0.4, -0.2) is 34.6 Å². The second-order valence-corrected chi connectivity index (χ2v) is 5.71. The van der Waals surface area contributed by atoms with Gasteiger partial charge in [0.15, 0.2) is 0 Å². The highest BCUT2D eigenvalue weighted by Crippen LogP contribution is 2.30. The number of likely N-dealkylation sites (tertiary alicyclic amines) is 1. The zero-order chi connectivity index (χ0) is 12.2. The van der Waals surface area contributed by atoms with E-state index in [-0.39, 0.29) is 12.0 Å². The van der Waals surface area contributed by atoms with Crippen LogP contribution in [0.15, 0.2) is 0 Å². The third kappa shape index (κ3) is 3.78. The second-order valence-electron chi connectivity index (χ2n) is 5.71. The van der Waals surface area contributed by atoms with Crippen LogP contribution in [0, 0.1) is 5.92 Å². The van der Waals surface area contributed by atoms with Crippen LogP contribution >= 0.6 is 0 Å². The molecule has 3 heteroatoms. The van der Waals surface area contributed by atoms with Crippen molar-refractivity contribution >= 4 is 5.97 Å². The number of aliphatic carboxylic acids is 1. The molecular formula is C13H25NO2. The molecule has 94 valence electrons. The zero-order valence-corrected chi connectivity index (χ0v) is 10.8. The maximum absolute atomic E-state index is 11.0. The third-order valence-corrected chi connectivity index (χ3v) is 3.50. The first-order valence-corrected chi connectivity index (χ1v) is 6.41. The molecule has 0 aromatic carbocycles. The first-order valence-electron chi connectivity index (χ1n) is 6.41. The van der Waals surface area contributed by atoms with Crippen molar-refractivity contribution in [3.05, 3.63) is 0 Å². The van der Waals surface area contributed by atoms with Gasteiger partial charge in [-0.25, -0.2) is 0 Å². The number of hydrogen-bond donors (Lipinski definition) is 1. The van der Waals surface area contributed by atoms with Crippen LogP contribution in [0.2, 0.25) is 0 Å². The Morgan fingerprint density at radius 1 is 1.31 bits per heavy atom. The summed E-state index contributed by atoms with van der Waals surface area (Å²) >= 11 is 0. The number of nitrogens with zero attached hydrogens (tertiary/aromatic N) is 1. The minimum atomic E-state index is -0.672. The molecule has 0 aromatic heterocycles. The van der Waals surface area contributed by atoms with Crippen molar-refractivity contribution in [2.45, 2.75) is 58.4 Å². The molecule has 0 aliphatic carbocycles. The van der Waals surface area contributed by atoms with Crippen LogP contribution in [0.1, 0.15) is 52.9 Å². The molecular weight excluding hydrogens is 202 g/mol. The van der Waals surface area contributed by atoms with Crippen LogP contribution in [0.25, 0.3) is 0 Å². The Balaban J connectivity index is 2.70. The standard InChI is InChI=1S/C13H25NO2/c1-11(2)9-13(3,10-12(15)16)14-7-5-4-6-8-14/h11H,4-10H2,1-3H3,(H,15,16). The largest absolute Gasteiger partial charge is 0.481 e. The lowest BCUT2D eigenvalue weighted by Gasteiger charge is -2.43. The fourth-order valence-corrected chi connectivity index (χ4v) is 2.95. The van der Waals surface area contributed by atoms with Crippen molar-refractivity contribution in [3.63, 3.8) is 0 Å². The van der Waals surface area contributed by atoms with Crippen LogP contribution in [0.4, 0.5) is 0 Å². The van der Waals surface area contributed by atoms with Gasteiger partial charge in [-0.3, -0.25) is 9.69 Å². The number of carboxylic acid groups (broad SMARTS) is 1. The molecule has 0 saturated carbocycles. The van der Waals surface area contributed by atoms with Crippen LogP contribution < -0.4 is 0 Å². The predicted molar refractivity (Wildman–Crippen MR) is 65.5 cm³/mol. The van der Waals surface area contributed by atoms with Gasteiger partial charge < -0.3 is 5.11 Å². The Kier molecular flexibility index (Phi) is 4.78. The van der Waals surface area contributed by atoms with E-state index in [1.807, 2.05) is 0 Å². The quantitative estimate of drug-likeness (QED) is 0.785. The van der Waals surface area contributed by atoms with Crippen molar-refractivity contribution in [1.82, 2.24) is 4.90 Å². The number of rotatable bonds is 5. The van der Waals surface area contributed by atoms with E-state index in [9.17, 15) is 4.79 Å². The highest BCUT2D eigenvalue weighted by atomic mass is 16.4. The summed E-state index contributed by atoms with van der Waals surface area (Å²) in [6, 6.07) is 0. The van der Waals surface area contributed by atoms with Gasteiger partial charge in [0.2, 0.25) is 0 Å². The molecule has 0 bridgehead atoms. The van der Waals surface area contributed by atoms with Crippen LogP contribution in [-0.2, 0) is 4.79 Å². The van der Waals surface area contributed by atoms with Gasteiger partial charge in [0, 0.05) is 5.54 Å². The summed E-state index contributed by atoms with van der Waals surface area (Å²) in [5.74, 6) is -0.125. The fourth-order valence-electron chi connectivity index (χ4n) is 2.95. The van der Waals surface area contributed by atoms with E-state index in [0.717, 1.165) is 19.5 Å². The zero-order valence-electron chi connectivity index (χ0n) is 10.8. The van der Waals surface area contributed by atoms with Crippen LogP contribution in [0.5, 0.6) is 0 Å². The molecule has 0 aromatic rings. The van der Waals surface area contributed by atoms with Gasteiger partial charge in [0.25, 0.3) is 0 Å². The summed E-state index contributed by atoms with van der Waals surface area (Å²) in [7, 11) is 0. The fraction of sp³-hybridized carbons (Fsp3) is 0.923. The van der Waals surface area contributed by atoms with E-state index >= 15 is 0 Å². The molecule has 1 N–H and O–H groups in total. The molecule has 1 unspecified atom stereocenters. The number of carboxylic acids is 1. The van der Waals surface area contributed by atoms with Crippen LogP contribution in [0.3, 0.4) is 0 Å². The van der Waals surface area contributed by atoms with Gasteiger partial charge in [-0.2, -0.15) is 0 Å². The van der Waals surface area contributed by atoms with Crippen molar-refractivity contribution in [2.75, 3.05) is 13.1 Å². The lowest BCUT2D eigenvalue weighted by molar-refractivity contribution is -0.140. The van der Waals surface area contributed by atoms with Crippen molar-refractivity contribution in [2.24, 2.45) is 5.92 Å². The minimum Gasteiger partial charge on any atom is -0.481 e. The summed E-state index contributed by atoms with van der Waals surface area (Å²) in [6.45, 7) is 8.59. The highest BCUT2D eigenvalue weighted by molar-refractivity contribution is 5.68. The lowest BCUT2D eigenvalue weighted by Crippen LogP contribution is -2.50. The molecule has 0 spiro atoms. The van der Waals surface area contributed by atoms with E-state index < -0.39 is 5.97 Å². The molecule has 1 heterocycles. The normalized spacial score (nSPS) is 22.0. The average Bonchev–Trinajstić information content (AvgIpc) is 2.16. The SMILES string of the molecule is CC(C)CC(C)(CC(=O)O)N1CCCCC1. The van der Waals surface area contributed by atoms with Gasteiger partial charge in [-0.05, 0) is 45.2 Å². The summed E-state index contributed by atoms with van der Waals surface area (Å²) < 4.78 is 0. The summed E-state index contributed by atoms with van der Waals surface area (Å²) in [5, 5.41) is 9.07. The molecule has 1 aliphatic rings. The van der Waals surface area contributed by atoms with E-state index in [4.69, 9.17) is 5.11 Å². The molecule has 1 fully saturated rings. The Labute approximate surface area is 98.8 Å². The van der Waals surface area contributed by atoms with Crippen molar-refractivity contribution in [1.29, 1.82) is 0 Å². The van der Waals surface area contributed by atoms with E-state index in [1.165, 1.54) is 19.3 Å². The Morgan fingerprint density at radius 2 is 1.88 bits per heavy atom. The van der Waals surface area contributed by atoms with Gasteiger partial charge in [-0.15, -0.1) is 0 Å². The maximum atomic E-state index is 11.0. The number of piperidine rings is 1. The highest BCUT2D eigenvalue weighted by Gasteiger charge is 2.35. The first-order chi connectivity index (χ1) is 7.44. The molecule has 16 heavy (non-hydrogen) atoms. The second kappa shape index (κ2) is 5.67. The first kappa shape index (κ1) is 13.5. The maximum Gasteiger partial charge on any atom is 0.305 e. The smallest absolute Gasteiger partial charge is 0.305 e. The summed E-state index contributed by atoms with van der Waals surface area (Å²) in [6.07, 6.45) is 4.96. The van der Waals surface area contributed by atoms with Crippen molar-refractivity contribution < 1.29 is 9.90 Å². The van der Waals surface area contributed by atoms with Gasteiger partial charge in [0.1, 0.15) is 0 Å². The third-order valence-electron chi connectivity index (χ3n) is 3.50. The average molecular weight is 227 g/mol. The monoisotopic (exact) mass is 227 g/mol. The number of carbonyl (C=O) groups is 1. The van der Waals surface area contributed by atoms with E-state index in [2.05, 4.69) is 25.7 Å². The van der Waals surface area contributed by atoms with Gasteiger partial charge in [0.05, 0.1) is 6.42 Å². The molecule has 0 amide bonds. The molecule has 3 nitrogen and oxygen atoms in total. The van der Waals surface area contributed by atoms with E-state index in [1.54, 1.807) is 0 Å². The molecule has 0 radical (unpaired) electrons. The molecule has 1 atom stereocenters. The van der Waals surface area contributed by atoms with E-state index in [0.29, 0.717) is 5.92 Å². The lowest BCUT2D eigenvalue weighted by atomic mass is 9.84. The summed E-state index contributed by atoms with van der Waals surface area (Å²) in [4.78, 5) is 13.4. The van der Waals surface area contributed by atoms with Gasteiger partial charge in [-0.1, -0.05) is 20.3 Å². The molecule has 1 saturated heterocycles. The topological polar surface area (TPSA) is 40.5 Å². The Morgan fingerprint density at radius 3 is 2.31 bits per heavy atom. The minimum absolute atomic E-state index is 0.152. The number of hydrogen-bond acceptors (Lipinski definition) is 2. The molecule has 1 rings (SSSR count). The summed E-state index contributed by atoms with van der Waals surface area (Å²) in [5.41, 5.74) is -0.152. The predicted octanol–water partition coefficient (Wildman–Crippen LogP) is 2.75. The van der Waals surface area contributed by atoms with Crippen molar-refractivity contribution in [3.8, 4) is 0 Å².